The van der Waals surface area contributed by atoms with Gasteiger partial charge in [0.15, 0.2) is 0 Å². The van der Waals surface area contributed by atoms with E-state index in [-0.39, 0.29) is 5.82 Å². The van der Waals surface area contributed by atoms with Crippen LogP contribution in [0.5, 0.6) is 0 Å². The summed E-state index contributed by atoms with van der Waals surface area (Å²) < 4.78 is 13.0. The second-order valence-corrected chi connectivity index (χ2v) is 13.4. The molecule has 1 heterocycles. The van der Waals surface area contributed by atoms with E-state index in [1.807, 2.05) is 12.1 Å². The maximum Gasteiger partial charge on any atom is 0.251 e. The number of hydrogen-bond donors (Lipinski definition) is 0. The Hall–Kier alpha value is -0.833. The first-order valence-corrected chi connectivity index (χ1v) is 11.7. The lowest BCUT2D eigenvalue weighted by molar-refractivity contribution is 0.611. The first-order valence-electron chi connectivity index (χ1n) is 7.27. The lowest BCUT2D eigenvalue weighted by atomic mass is 9.92. The summed E-state index contributed by atoms with van der Waals surface area (Å²) in [5.74, 6) is 0.373. The molecule has 2 aromatic rings. The van der Waals surface area contributed by atoms with Gasteiger partial charge in [-0.25, -0.2) is 4.39 Å². The molecule has 0 N–H and O–H groups in total. The highest BCUT2D eigenvalue weighted by atomic mass is 35.7. The monoisotopic (exact) mass is 338 g/mol. The van der Waals surface area contributed by atoms with E-state index in [9.17, 15) is 4.39 Å². The van der Waals surface area contributed by atoms with Crippen LogP contribution in [0, 0.1) is 5.82 Å². The van der Waals surface area contributed by atoms with E-state index in [4.69, 9.17) is 22.2 Å². The normalized spacial score (nSPS) is 18.6. The van der Waals surface area contributed by atoms with Crippen LogP contribution < -0.4 is 0 Å². The van der Waals surface area contributed by atoms with Crippen molar-refractivity contribution in [2.24, 2.45) is 0 Å². The molecule has 0 spiro atoms. The standard InChI is InChI=1S/C17H17Cl2FSi/c18-21(19)11-9-16(10-12-21)14-3-1-13(2-4-14)15-5-7-17(20)8-6-15/h1-8,16H,9-12H2. The third-order valence-corrected chi connectivity index (χ3v) is 8.58. The highest BCUT2D eigenvalue weighted by Gasteiger charge is 2.34. The summed E-state index contributed by atoms with van der Waals surface area (Å²) in [5.41, 5.74) is 3.52. The van der Waals surface area contributed by atoms with E-state index < -0.39 is 6.69 Å². The third kappa shape index (κ3) is 3.68. The van der Waals surface area contributed by atoms with Gasteiger partial charge in [0.1, 0.15) is 5.82 Å². The van der Waals surface area contributed by atoms with Gasteiger partial charge in [-0.2, -0.15) is 0 Å². The molecule has 0 aromatic heterocycles. The van der Waals surface area contributed by atoms with Crippen molar-refractivity contribution >= 4 is 28.9 Å². The van der Waals surface area contributed by atoms with Crippen molar-refractivity contribution in [1.82, 2.24) is 0 Å². The van der Waals surface area contributed by atoms with Crippen LogP contribution in [0.25, 0.3) is 11.1 Å². The van der Waals surface area contributed by atoms with E-state index in [1.165, 1.54) is 17.7 Å². The Morgan fingerprint density at radius 1 is 0.810 bits per heavy atom. The molecule has 0 bridgehead atoms. The summed E-state index contributed by atoms with van der Waals surface area (Å²) in [6, 6.07) is 17.2. The molecule has 4 heteroatoms. The first-order chi connectivity index (χ1) is 10.0. The predicted molar refractivity (Wildman–Crippen MR) is 90.9 cm³/mol. The topological polar surface area (TPSA) is 0 Å². The van der Waals surface area contributed by atoms with Gasteiger partial charge in [-0.15, -0.1) is 22.2 Å². The molecule has 1 aliphatic rings. The molecule has 0 atom stereocenters. The Morgan fingerprint density at radius 2 is 1.29 bits per heavy atom. The molecule has 21 heavy (non-hydrogen) atoms. The molecule has 0 amide bonds. The van der Waals surface area contributed by atoms with Crippen LogP contribution in [-0.4, -0.2) is 6.69 Å². The smallest absolute Gasteiger partial charge is 0.207 e. The first kappa shape index (κ1) is 15.1. The minimum absolute atomic E-state index is 0.202. The minimum Gasteiger partial charge on any atom is -0.207 e. The Balaban J connectivity index is 1.74. The SMILES string of the molecule is Fc1ccc(-c2ccc(C3CC[Si](Cl)(Cl)CC3)cc2)cc1. The zero-order chi connectivity index (χ0) is 14.9. The van der Waals surface area contributed by atoms with Gasteiger partial charge in [0.2, 0.25) is 0 Å². The number of rotatable bonds is 2. The summed E-state index contributed by atoms with van der Waals surface area (Å²) in [6.07, 6.45) is 2.18. The van der Waals surface area contributed by atoms with Gasteiger partial charge in [0, 0.05) is 0 Å². The second-order valence-electron chi connectivity index (χ2n) is 5.76. The van der Waals surface area contributed by atoms with Crippen molar-refractivity contribution < 1.29 is 4.39 Å². The average Bonchev–Trinajstić information content (AvgIpc) is 2.48. The van der Waals surface area contributed by atoms with E-state index in [0.717, 1.165) is 36.1 Å². The van der Waals surface area contributed by atoms with Gasteiger partial charge in [-0.1, -0.05) is 36.4 Å². The lowest BCUT2D eigenvalue weighted by Gasteiger charge is -2.29. The molecule has 110 valence electrons. The summed E-state index contributed by atoms with van der Waals surface area (Å²) >= 11 is 12.6. The molecular weight excluding hydrogens is 322 g/mol. The average molecular weight is 339 g/mol. The van der Waals surface area contributed by atoms with Crippen LogP contribution in [0.1, 0.15) is 24.3 Å². The van der Waals surface area contributed by atoms with Gasteiger partial charge in [-0.05, 0) is 59.7 Å². The number of benzene rings is 2. The molecule has 1 aliphatic heterocycles. The predicted octanol–water partition coefficient (Wildman–Crippen LogP) is 6.29. The maximum absolute atomic E-state index is 13.0. The highest BCUT2D eigenvalue weighted by molar-refractivity contribution is 7.45. The molecule has 0 aliphatic carbocycles. The Bertz CT molecular complexity index is 598. The summed E-state index contributed by atoms with van der Waals surface area (Å²) in [5, 5.41) is 0. The van der Waals surface area contributed by atoms with Gasteiger partial charge < -0.3 is 0 Å². The van der Waals surface area contributed by atoms with Crippen molar-refractivity contribution in [3.8, 4) is 11.1 Å². The molecule has 0 unspecified atom stereocenters. The third-order valence-electron chi connectivity index (χ3n) is 4.28. The van der Waals surface area contributed by atoms with Crippen molar-refractivity contribution in [3.63, 3.8) is 0 Å². The van der Waals surface area contributed by atoms with E-state index in [1.54, 1.807) is 0 Å². The van der Waals surface area contributed by atoms with Gasteiger partial charge in [0.05, 0.1) is 0 Å². The Kier molecular flexibility index (Phi) is 4.39. The quantitative estimate of drug-likeness (QED) is 0.445. The molecule has 1 fully saturated rings. The Morgan fingerprint density at radius 3 is 1.81 bits per heavy atom. The van der Waals surface area contributed by atoms with Crippen LogP contribution in [0.15, 0.2) is 48.5 Å². The maximum atomic E-state index is 13.0. The second kappa shape index (κ2) is 6.11. The molecule has 0 radical (unpaired) electrons. The van der Waals surface area contributed by atoms with Crippen LogP contribution in [-0.2, 0) is 0 Å². The largest absolute Gasteiger partial charge is 0.251 e. The zero-order valence-electron chi connectivity index (χ0n) is 11.7. The fourth-order valence-corrected chi connectivity index (χ4v) is 6.06. The van der Waals surface area contributed by atoms with Crippen molar-refractivity contribution in [1.29, 1.82) is 0 Å². The molecule has 3 rings (SSSR count). The highest BCUT2D eigenvalue weighted by Crippen LogP contribution is 2.42. The van der Waals surface area contributed by atoms with Crippen LogP contribution >= 0.6 is 22.2 Å². The van der Waals surface area contributed by atoms with E-state index in [0.29, 0.717) is 5.92 Å². The molecular formula is C17H17Cl2FSi. The summed E-state index contributed by atoms with van der Waals surface area (Å²) in [7, 11) is 0. The van der Waals surface area contributed by atoms with Crippen LogP contribution in [0.2, 0.25) is 12.1 Å². The summed E-state index contributed by atoms with van der Waals surface area (Å²) in [4.78, 5) is 0. The number of hydrogen-bond acceptors (Lipinski definition) is 0. The fourth-order valence-electron chi connectivity index (χ4n) is 2.96. The van der Waals surface area contributed by atoms with Crippen molar-refractivity contribution in [2.45, 2.75) is 30.8 Å². The van der Waals surface area contributed by atoms with E-state index in [2.05, 4.69) is 24.3 Å². The van der Waals surface area contributed by atoms with Gasteiger partial charge >= 0.3 is 0 Å². The number of halogens is 3. The Labute approximate surface area is 135 Å². The van der Waals surface area contributed by atoms with Gasteiger partial charge in [-0.3, -0.25) is 0 Å². The van der Waals surface area contributed by atoms with Gasteiger partial charge in [0.25, 0.3) is 6.69 Å². The van der Waals surface area contributed by atoms with Crippen molar-refractivity contribution in [3.05, 3.63) is 59.9 Å². The van der Waals surface area contributed by atoms with Crippen LogP contribution in [0.3, 0.4) is 0 Å². The minimum atomic E-state index is -1.93. The lowest BCUT2D eigenvalue weighted by Crippen LogP contribution is -2.25. The fraction of sp³-hybridized carbons (Fsp3) is 0.294. The zero-order valence-corrected chi connectivity index (χ0v) is 14.2. The summed E-state index contributed by atoms with van der Waals surface area (Å²) in [6.45, 7) is -1.93. The molecule has 0 saturated carbocycles. The van der Waals surface area contributed by atoms with Crippen LogP contribution in [0.4, 0.5) is 4.39 Å². The molecule has 1 saturated heterocycles. The molecule has 2 aromatic carbocycles. The van der Waals surface area contributed by atoms with E-state index >= 15 is 0 Å². The molecule has 0 nitrogen and oxygen atoms in total. The van der Waals surface area contributed by atoms with Crippen molar-refractivity contribution in [2.75, 3.05) is 0 Å².